The highest BCUT2D eigenvalue weighted by molar-refractivity contribution is 6.01. The van der Waals surface area contributed by atoms with Crippen molar-refractivity contribution in [2.75, 3.05) is 14.2 Å². The number of carboxylic acids is 2. The fourth-order valence-electron chi connectivity index (χ4n) is 7.63. The zero-order valence-electron chi connectivity index (χ0n) is 42.0. The molecule has 0 saturated carbocycles. The van der Waals surface area contributed by atoms with Crippen LogP contribution >= 0.6 is 0 Å². The van der Waals surface area contributed by atoms with Crippen molar-refractivity contribution < 1.29 is 48.8 Å². The molecular weight excluding hydrogens is 1000 g/mol. The van der Waals surface area contributed by atoms with E-state index >= 15 is 0 Å². The van der Waals surface area contributed by atoms with Gasteiger partial charge in [-0.05, 0) is 42.5 Å². The molecule has 9 N–H and O–H groups in total. The van der Waals surface area contributed by atoms with Crippen molar-refractivity contribution in [1.82, 2.24) is 61.2 Å². The van der Waals surface area contributed by atoms with Crippen molar-refractivity contribution >= 4 is 102 Å². The Labute approximate surface area is 442 Å². The van der Waals surface area contributed by atoms with Crippen molar-refractivity contribution in [3.05, 3.63) is 186 Å². The van der Waals surface area contributed by atoms with Crippen LogP contribution in [0.4, 0.5) is 0 Å². The number of H-pyrrole nitrogens is 6. The van der Waals surface area contributed by atoms with Crippen LogP contribution in [0.2, 0.25) is 0 Å². The molecule has 0 unspecified atom stereocenters. The first kappa shape index (κ1) is 55.1. The molecule has 0 atom stereocenters. The maximum Gasteiger partial charge on any atom is 0.357 e. The first-order chi connectivity index (χ1) is 38.0. The summed E-state index contributed by atoms with van der Waals surface area (Å²) in [4.78, 5) is 53.3. The summed E-state index contributed by atoms with van der Waals surface area (Å²) in [5.74, 6) is -2.38. The molecule has 0 radical (unpaired) electrons. The number of esters is 2. The number of carboxylic acid groups (broad SMARTS) is 2. The van der Waals surface area contributed by atoms with E-state index in [1.165, 1.54) is 20.3 Å². The number of aromatic nitrogens is 12. The van der Waals surface area contributed by atoms with Crippen LogP contribution in [-0.2, 0) is 43.3 Å². The normalized spacial score (nSPS) is 10.6. The van der Waals surface area contributed by atoms with E-state index in [4.69, 9.17) is 15.3 Å². The molecule has 0 fully saturated rings. The van der Waals surface area contributed by atoms with Gasteiger partial charge in [0, 0.05) is 62.6 Å². The first-order valence-corrected chi connectivity index (χ1v) is 23.9. The number of aromatic carboxylic acids is 1. The number of nitrogens with one attached hydrogen (secondary N) is 6. The summed E-state index contributed by atoms with van der Waals surface area (Å²) < 4.78 is 9.08. The van der Waals surface area contributed by atoms with Gasteiger partial charge in [-0.25, -0.2) is 9.59 Å². The van der Waals surface area contributed by atoms with Gasteiger partial charge < -0.3 is 24.8 Å². The summed E-state index contributed by atoms with van der Waals surface area (Å²) in [5, 5.41) is 72.3. The predicted molar refractivity (Wildman–Crippen MR) is 292 cm³/mol. The predicted octanol–water partition coefficient (Wildman–Crippen LogP) is 8.69. The van der Waals surface area contributed by atoms with Crippen LogP contribution in [-0.4, -0.2) is 121 Å². The molecule has 22 heteroatoms. The number of aryl methyl sites for hydroxylation is 2. The van der Waals surface area contributed by atoms with E-state index in [1.54, 1.807) is 24.3 Å². The maximum absolute atomic E-state index is 11.0. The topological polar surface area (TPSA) is 337 Å². The van der Waals surface area contributed by atoms with Gasteiger partial charge in [0.15, 0.2) is 12.0 Å². The highest BCUT2D eigenvalue weighted by Crippen LogP contribution is 2.20. The Balaban J connectivity index is 0.000000136. The number of para-hydroxylation sites is 6. The number of fused-ring (bicyclic) bond motifs is 6. The van der Waals surface area contributed by atoms with Gasteiger partial charge >= 0.3 is 23.9 Å². The smallest absolute Gasteiger partial charge is 0.357 e. The zero-order valence-corrected chi connectivity index (χ0v) is 42.0. The number of aromatic amines is 6. The number of benzene rings is 6. The van der Waals surface area contributed by atoms with Crippen LogP contribution in [0, 0.1) is 0 Å². The second-order valence-electron chi connectivity index (χ2n) is 16.5. The lowest BCUT2D eigenvalue weighted by atomic mass is 10.1. The van der Waals surface area contributed by atoms with Crippen molar-refractivity contribution in [3.8, 4) is 0 Å². The van der Waals surface area contributed by atoms with E-state index in [9.17, 15) is 24.0 Å². The monoisotopic (exact) mass is 1050 g/mol. The second-order valence-corrected chi connectivity index (χ2v) is 16.5. The molecule has 0 bridgehead atoms. The molecule has 0 spiro atoms. The molecule has 0 aliphatic rings. The number of aldehydes is 1. The average Bonchev–Trinajstić information content (AvgIpc) is 4.38. The number of methoxy groups -OCH3 is 2. The number of hydrogen-bond acceptors (Lipinski definition) is 14. The summed E-state index contributed by atoms with van der Waals surface area (Å²) in [6.07, 6.45) is 5.39. The minimum absolute atomic E-state index is 0.0144. The van der Waals surface area contributed by atoms with Gasteiger partial charge in [0.25, 0.3) is 0 Å². The van der Waals surface area contributed by atoms with Crippen molar-refractivity contribution in [3.63, 3.8) is 0 Å². The molecule has 78 heavy (non-hydrogen) atoms. The van der Waals surface area contributed by atoms with Crippen molar-refractivity contribution in [2.45, 2.75) is 32.3 Å². The summed E-state index contributed by atoms with van der Waals surface area (Å²) in [6, 6.07) is 45.5. The molecule has 6 aromatic carbocycles. The molecule has 12 aromatic rings. The molecule has 0 saturated heterocycles. The lowest BCUT2D eigenvalue weighted by Crippen LogP contribution is -2.02. The third kappa shape index (κ3) is 14.6. The quantitative estimate of drug-likeness (QED) is 0.0332. The summed E-state index contributed by atoms with van der Waals surface area (Å²) >= 11 is 0. The Hall–Kier alpha value is -10.6. The third-order valence-electron chi connectivity index (χ3n) is 11.5. The minimum atomic E-state index is -1.01. The minimum Gasteiger partial charge on any atom is -0.481 e. The second kappa shape index (κ2) is 27.6. The number of carbonyl (C=O) groups excluding carboxylic acids is 3. The molecular formula is C56H52N12O10. The number of aliphatic hydroxyl groups is 1. The number of aliphatic carboxylic acids is 1. The number of ether oxygens (including phenoxy) is 2. The molecule has 6 aromatic heterocycles. The molecule has 6 heterocycles. The van der Waals surface area contributed by atoms with Gasteiger partial charge in [0.1, 0.15) is 5.69 Å². The largest absolute Gasteiger partial charge is 0.481 e. The molecule has 396 valence electrons. The molecule has 12 rings (SSSR count). The fourth-order valence-corrected chi connectivity index (χ4v) is 7.63. The third-order valence-corrected chi connectivity index (χ3v) is 11.5. The van der Waals surface area contributed by atoms with Crippen LogP contribution in [0.5, 0.6) is 0 Å². The summed E-state index contributed by atoms with van der Waals surface area (Å²) in [7, 11) is 2.74. The van der Waals surface area contributed by atoms with Crippen LogP contribution in [0.25, 0.3) is 71.5 Å². The van der Waals surface area contributed by atoms with E-state index < -0.39 is 11.9 Å². The fraction of sp³-hybridized carbons (Fsp3) is 0.125. The van der Waals surface area contributed by atoms with Gasteiger partial charge in [-0.2, -0.15) is 30.6 Å². The lowest BCUT2D eigenvalue weighted by molar-refractivity contribution is -0.140. The van der Waals surface area contributed by atoms with Gasteiger partial charge in [-0.3, -0.25) is 45.0 Å². The lowest BCUT2D eigenvalue weighted by Gasteiger charge is -1.97. The number of hydrogen-bond donors (Lipinski definition) is 9. The van der Waals surface area contributed by atoms with Crippen LogP contribution in [0.15, 0.2) is 152 Å². The Morgan fingerprint density at radius 1 is 0.487 bits per heavy atom. The molecule has 22 nitrogen and oxygen atoms in total. The zero-order chi connectivity index (χ0) is 55.2. The van der Waals surface area contributed by atoms with Crippen molar-refractivity contribution in [1.29, 1.82) is 0 Å². The summed E-state index contributed by atoms with van der Waals surface area (Å²) in [6.45, 7) is 0.0144. The maximum atomic E-state index is 11.0. The standard InChI is InChI=1S/C11H12N2O2.C11H10N2O2.C10H10N2O2.C8H6N2O2.C8H8N2O.C8H6N2O/c2*1-15-11(14)7-6-10-8-4-2-3-5-9(8)12-13-10;13-10(14)6-5-9-7-3-1-2-4-8(7)11-12-9;11-8(12)7-5-3-1-2-4-6(5)9-10-7;2*11-5-8-6-3-1-2-4-7(6)9-10-8/h2-5H,6-7H2,1H3,(H,12,13);2-7H,1H3,(H,12,13);1-4H,5-6H2,(H,11,12)(H,13,14);1-4H,(H,9,10)(H,11,12);1-4,11H,5H2,(H,9,10);1-5H,(H,9,10)/b;7-6-;;;;. The molecule has 0 amide bonds. The van der Waals surface area contributed by atoms with Gasteiger partial charge in [0.05, 0.1) is 78.2 Å². The Bertz CT molecular complexity index is 3960. The Morgan fingerprint density at radius 2 is 0.923 bits per heavy atom. The van der Waals surface area contributed by atoms with Gasteiger partial charge in [0.2, 0.25) is 0 Å². The Kier molecular flexibility index (Phi) is 19.5. The van der Waals surface area contributed by atoms with Gasteiger partial charge in [-0.15, -0.1) is 0 Å². The van der Waals surface area contributed by atoms with E-state index in [2.05, 4.69) is 70.7 Å². The Morgan fingerprint density at radius 3 is 1.44 bits per heavy atom. The SMILES string of the molecule is COC(=O)/C=C\c1n[nH]c2ccccc12.COC(=O)CCc1[nH]nc2ccccc12.O=C(O)CCc1[nH]nc2ccccc12.O=C(O)c1n[nH]c2ccccc12.O=Cc1[nH]nc2ccccc12.OCc1[nH]nc2ccccc12. The molecule has 0 aliphatic carbocycles. The van der Waals surface area contributed by atoms with Gasteiger partial charge in [-0.1, -0.05) is 109 Å². The average molecular weight is 1050 g/mol. The summed E-state index contributed by atoms with van der Waals surface area (Å²) in [5.41, 5.74) is 9.23. The van der Waals surface area contributed by atoms with Crippen LogP contribution < -0.4 is 0 Å². The van der Waals surface area contributed by atoms with E-state index in [0.29, 0.717) is 30.3 Å². The molecule has 0 aliphatic heterocycles. The highest BCUT2D eigenvalue weighted by atomic mass is 16.5. The van der Waals surface area contributed by atoms with E-state index in [0.717, 1.165) is 89.1 Å². The van der Waals surface area contributed by atoms with E-state index in [-0.39, 0.29) is 30.7 Å². The highest BCUT2D eigenvalue weighted by Gasteiger charge is 2.12. The van der Waals surface area contributed by atoms with Crippen molar-refractivity contribution in [2.24, 2.45) is 0 Å². The number of aliphatic hydroxyl groups excluding tert-OH is 1. The van der Waals surface area contributed by atoms with E-state index in [1.807, 2.05) is 127 Å². The number of carbonyl (C=O) groups is 5. The van der Waals surface area contributed by atoms with Crippen LogP contribution in [0.1, 0.15) is 56.6 Å². The first-order valence-electron chi connectivity index (χ1n) is 23.9. The number of nitrogens with zero attached hydrogens (tertiary/aromatic N) is 6. The number of rotatable bonds is 11. The van der Waals surface area contributed by atoms with Crippen LogP contribution in [0.3, 0.4) is 0 Å².